The van der Waals surface area contributed by atoms with Crippen molar-refractivity contribution in [1.29, 1.82) is 0 Å². The third kappa shape index (κ3) is 1.44. The number of nitrogens with one attached hydrogen (secondary N) is 1. The molecule has 0 aliphatic rings. The van der Waals surface area contributed by atoms with Gasteiger partial charge in [0.2, 0.25) is 0 Å². The van der Waals surface area contributed by atoms with Gasteiger partial charge in [-0.25, -0.2) is 0 Å². The van der Waals surface area contributed by atoms with Crippen LogP contribution in [0.15, 0.2) is 18.2 Å². The van der Waals surface area contributed by atoms with Crippen molar-refractivity contribution in [3.05, 3.63) is 18.2 Å². The van der Waals surface area contributed by atoms with Crippen molar-refractivity contribution in [2.24, 2.45) is 0 Å². The molecule has 1 rings (SSSR count). The quantitative estimate of drug-likeness (QED) is 0.699. The summed E-state index contributed by atoms with van der Waals surface area (Å²) in [5.74, 6) is 0.298. The largest absolute Gasteiger partial charge is 0.506 e. The summed E-state index contributed by atoms with van der Waals surface area (Å²) in [4.78, 5) is 1.88. The third-order valence-electron chi connectivity index (χ3n) is 1.73. The molecule has 12 heavy (non-hydrogen) atoms. The fraction of sp³-hybridized carbons (Fsp3) is 0.333. The van der Waals surface area contributed by atoms with Gasteiger partial charge in [-0.2, -0.15) is 0 Å². The number of para-hydroxylation sites is 1. The zero-order valence-electron chi connectivity index (χ0n) is 7.63. The maximum absolute atomic E-state index is 9.51. The molecule has 3 heteroatoms. The lowest BCUT2D eigenvalue weighted by Gasteiger charge is -2.18. The predicted octanol–water partition coefficient (Wildman–Crippen LogP) is 1.50. The molecule has 0 aliphatic carbocycles. The third-order valence-corrected chi connectivity index (χ3v) is 1.73. The molecule has 3 nitrogen and oxygen atoms in total. The Morgan fingerprint density at radius 2 is 2.00 bits per heavy atom. The second kappa shape index (κ2) is 3.34. The first kappa shape index (κ1) is 8.71. The normalized spacial score (nSPS) is 9.58. The van der Waals surface area contributed by atoms with Crippen molar-refractivity contribution < 1.29 is 5.11 Å². The minimum Gasteiger partial charge on any atom is -0.506 e. The van der Waals surface area contributed by atoms with E-state index in [1.54, 1.807) is 6.07 Å². The van der Waals surface area contributed by atoms with E-state index >= 15 is 0 Å². The number of benzene rings is 1. The van der Waals surface area contributed by atoms with Gasteiger partial charge in [-0.3, -0.25) is 0 Å². The van der Waals surface area contributed by atoms with Crippen LogP contribution in [-0.4, -0.2) is 26.2 Å². The molecule has 0 bridgehead atoms. The van der Waals surface area contributed by atoms with Crippen LogP contribution in [0, 0.1) is 0 Å². The molecular formula is C9H14N2O. The van der Waals surface area contributed by atoms with Gasteiger partial charge in [0.1, 0.15) is 11.4 Å². The number of hydrogen-bond acceptors (Lipinski definition) is 3. The highest BCUT2D eigenvalue weighted by molar-refractivity contribution is 5.75. The minimum absolute atomic E-state index is 0.298. The van der Waals surface area contributed by atoms with E-state index in [9.17, 15) is 5.11 Å². The van der Waals surface area contributed by atoms with E-state index < -0.39 is 0 Å². The Kier molecular flexibility index (Phi) is 2.43. The Balaban J connectivity index is 3.20. The molecule has 0 heterocycles. The standard InChI is InChI=1S/C9H14N2O/c1-10-7-5-4-6-8(12)9(7)11(2)3/h4-6,10,12H,1-3H3. The topological polar surface area (TPSA) is 35.5 Å². The summed E-state index contributed by atoms with van der Waals surface area (Å²) in [6.07, 6.45) is 0. The van der Waals surface area contributed by atoms with Crippen LogP contribution >= 0.6 is 0 Å². The molecule has 0 spiro atoms. The summed E-state index contributed by atoms with van der Waals surface area (Å²) in [6, 6.07) is 5.42. The van der Waals surface area contributed by atoms with Gasteiger partial charge in [-0.15, -0.1) is 0 Å². The number of phenolic OH excluding ortho intramolecular Hbond substituents is 1. The van der Waals surface area contributed by atoms with E-state index in [0.29, 0.717) is 5.75 Å². The molecule has 0 saturated carbocycles. The first-order chi connectivity index (χ1) is 5.66. The second-order valence-electron chi connectivity index (χ2n) is 2.82. The molecular weight excluding hydrogens is 152 g/mol. The molecule has 66 valence electrons. The van der Waals surface area contributed by atoms with Crippen LogP contribution in [0.4, 0.5) is 11.4 Å². The van der Waals surface area contributed by atoms with Crippen molar-refractivity contribution in [3.8, 4) is 5.75 Å². The van der Waals surface area contributed by atoms with Gasteiger partial charge in [0.15, 0.2) is 0 Å². The molecule has 2 N–H and O–H groups in total. The van der Waals surface area contributed by atoms with Crippen LogP contribution < -0.4 is 10.2 Å². The van der Waals surface area contributed by atoms with Gasteiger partial charge in [0.05, 0.1) is 5.69 Å². The zero-order valence-corrected chi connectivity index (χ0v) is 7.63. The molecule has 1 aromatic carbocycles. The molecule has 0 fully saturated rings. The highest BCUT2D eigenvalue weighted by Crippen LogP contribution is 2.32. The molecule has 0 saturated heterocycles. The summed E-state index contributed by atoms with van der Waals surface area (Å²) in [5.41, 5.74) is 1.75. The van der Waals surface area contributed by atoms with E-state index in [0.717, 1.165) is 11.4 Å². The van der Waals surface area contributed by atoms with E-state index in [2.05, 4.69) is 5.32 Å². The average Bonchev–Trinajstić information content (AvgIpc) is 2.03. The lowest BCUT2D eigenvalue weighted by molar-refractivity contribution is 0.476. The average molecular weight is 166 g/mol. The van der Waals surface area contributed by atoms with Gasteiger partial charge in [-0.05, 0) is 12.1 Å². The van der Waals surface area contributed by atoms with Gasteiger partial charge < -0.3 is 15.3 Å². The summed E-state index contributed by atoms with van der Waals surface area (Å²) in [7, 11) is 5.63. The fourth-order valence-electron chi connectivity index (χ4n) is 1.20. The highest BCUT2D eigenvalue weighted by Gasteiger charge is 2.07. The molecule has 0 unspecified atom stereocenters. The van der Waals surface area contributed by atoms with Gasteiger partial charge >= 0.3 is 0 Å². The fourth-order valence-corrected chi connectivity index (χ4v) is 1.20. The summed E-state index contributed by atoms with van der Waals surface area (Å²) in [5, 5.41) is 12.5. The Morgan fingerprint density at radius 1 is 1.33 bits per heavy atom. The van der Waals surface area contributed by atoms with Crippen LogP contribution in [-0.2, 0) is 0 Å². The minimum atomic E-state index is 0.298. The summed E-state index contributed by atoms with van der Waals surface area (Å²) in [6.45, 7) is 0. The van der Waals surface area contributed by atoms with Crippen molar-refractivity contribution in [1.82, 2.24) is 0 Å². The zero-order chi connectivity index (χ0) is 9.14. The molecule has 0 amide bonds. The predicted molar refractivity (Wildman–Crippen MR) is 52.0 cm³/mol. The number of nitrogens with zero attached hydrogens (tertiary/aromatic N) is 1. The molecule has 0 radical (unpaired) electrons. The van der Waals surface area contributed by atoms with Crippen LogP contribution in [0.3, 0.4) is 0 Å². The van der Waals surface area contributed by atoms with E-state index in [1.165, 1.54) is 0 Å². The molecule has 0 atom stereocenters. The Labute approximate surface area is 72.6 Å². The number of phenols is 1. The highest BCUT2D eigenvalue weighted by atomic mass is 16.3. The van der Waals surface area contributed by atoms with E-state index in [4.69, 9.17) is 0 Å². The van der Waals surface area contributed by atoms with Crippen LogP contribution in [0.5, 0.6) is 5.75 Å². The van der Waals surface area contributed by atoms with Crippen molar-refractivity contribution in [2.45, 2.75) is 0 Å². The molecule has 0 aromatic heterocycles. The van der Waals surface area contributed by atoms with Gasteiger partial charge in [0.25, 0.3) is 0 Å². The van der Waals surface area contributed by atoms with E-state index in [-0.39, 0.29) is 0 Å². The first-order valence-electron chi connectivity index (χ1n) is 3.84. The second-order valence-corrected chi connectivity index (χ2v) is 2.82. The SMILES string of the molecule is CNc1cccc(O)c1N(C)C. The van der Waals surface area contributed by atoms with Gasteiger partial charge in [-0.1, -0.05) is 6.07 Å². The summed E-state index contributed by atoms with van der Waals surface area (Å²) < 4.78 is 0. The maximum Gasteiger partial charge on any atom is 0.140 e. The number of aromatic hydroxyl groups is 1. The van der Waals surface area contributed by atoms with E-state index in [1.807, 2.05) is 38.2 Å². The van der Waals surface area contributed by atoms with Crippen molar-refractivity contribution >= 4 is 11.4 Å². The number of hydrogen-bond donors (Lipinski definition) is 2. The Hall–Kier alpha value is -1.38. The van der Waals surface area contributed by atoms with Crippen LogP contribution in [0.1, 0.15) is 0 Å². The van der Waals surface area contributed by atoms with Gasteiger partial charge in [0, 0.05) is 21.1 Å². The van der Waals surface area contributed by atoms with Crippen molar-refractivity contribution in [2.75, 3.05) is 31.4 Å². The smallest absolute Gasteiger partial charge is 0.140 e. The monoisotopic (exact) mass is 166 g/mol. The number of anilines is 2. The number of rotatable bonds is 2. The van der Waals surface area contributed by atoms with Crippen LogP contribution in [0.25, 0.3) is 0 Å². The van der Waals surface area contributed by atoms with Crippen molar-refractivity contribution in [3.63, 3.8) is 0 Å². The lowest BCUT2D eigenvalue weighted by atomic mass is 10.2. The maximum atomic E-state index is 9.51. The summed E-state index contributed by atoms with van der Waals surface area (Å²) >= 11 is 0. The van der Waals surface area contributed by atoms with Crippen LogP contribution in [0.2, 0.25) is 0 Å². The molecule has 1 aromatic rings. The lowest BCUT2D eigenvalue weighted by Crippen LogP contribution is -2.11. The first-order valence-corrected chi connectivity index (χ1v) is 3.84. The molecule has 0 aliphatic heterocycles. The Morgan fingerprint density at radius 3 is 2.42 bits per heavy atom. The Bertz CT molecular complexity index is 271.